The standard InChI is InChI=1S/C24H34OSi/c1-15(2)22(9)14-26(25,23-18(5)10-16(3)11-19(23)6)24-20(7)12-17(4)13-21(24)8/h10-13,22,25H,1,14H2,2-9H3. The molecule has 0 radical (unpaired) electrons. The van der Waals surface area contributed by atoms with Crippen LogP contribution in [0.3, 0.4) is 0 Å². The number of hydrogen-bond donors (Lipinski definition) is 1. The summed E-state index contributed by atoms with van der Waals surface area (Å²) >= 11 is 0. The quantitative estimate of drug-likeness (QED) is 0.595. The van der Waals surface area contributed by atoms with Gasteiger partial charge in [-0.05, 0) is 93.1 Å². The predicted molar refractivity (Wildman–Crippen MR) is 117 cm³/mol. The average molecular weight is 367 g/mol. The van der Waals surface area contributed by atoms with Gasteiger partial charge in [-0.25, -0.2) is 0 Å². The van der Waals surface area contributed by atoms with Gasteiger partial charge in [0.1, 0.15) is 0 Å². The first-order valence-corrected chi connectivity index (χ1v) is 11.7. The molecule has 26 heavy (non-hydrogen) atoms. The number of rotatable bonds is 5. The molecule has 1 N–H and O–H groups in total. The second-order valence-corrected chi connectivity index (χ2v) is 11.5. The van der Waals surface area contributed by atoms with Crippen LogP contribution < -0.4 is 10.4 Å². The molecule has 0 aromatic heterocycles. The predicted octanol–water partition coefficient (Wildman–Crippen LogP) is 4.80. The third-order valence-electron chi connectivity index (χ3n) is 5.62. The molecule has 0 aliphatic heterocycles. The lowest BCUT2D eigenvalue weighted by atomic mass is 10.1. The summed E-state index contributed by atoms with van der Waals surface area (Å²) in [5.41, 5.74) is 8.50. The van der Waals surface area contributed by atoms with Crippen LogP contribution in [0.25, 0.3) is 0 Å². The van der Waals surface area contributed by atoms with Crippen LogP contribution in [-0.2, 0) is 0 Å². The van der Waals surface area contributed by atoms with Crippen molar-refractivity contribution in [1.82, 2.24) is 0 Å². The van der Waals surface area contributed by atoms with Gasteiger partial charge in [-0.15, -0.1) is 0 Å². The molecule has 0 aliphatic carbocycles. The maximum Gasteiger partial charge on any atom is 0.254 e. The minimum absolute atomic E-state index is 0.284. The van der Waals surface area contributed by atoms with Crippen LogP contribution in [0.15, 0.2) is 36.4 Å². The summed E-state index contributed by atoms with van der Waals surface area (Å²) in [5, 5.41) is 2.37. The number of allylic oxidation sites excluding steroid dienone is 1. The first-order chi connectivity index (χ1) is 12.0. The molecular weight excluding hydrogens is 332 g/mol. The summed E-state index contributed by atoms with van der Waals surface area (Å²) < 4.78 is 0. The van der Waals surface area contributed by atoms with E-state index >= 15 is 0 Å². The molecule has 0 amide bonds. The van der Waals surface area contributed by atoms with Gasteiger partial charge in [0.05, 0.1) is 0 Å². The molecule has 1 atom stereocenters. The van der Waals surface area contributed by atoms with E-state index < -0.39 is 8.32 Å². The van der Waals surface area contributed by atoms with Crippen LogP contribution >= 0.6 is 0 Å². The highest BCUT2D eigenvalue weighted by Crippen LogP contribution is 2.25. The lowest BCUT2D eigenvalue weighted by Gasteiger charge is -2.34. The largest absolute Gasteiger partial charge is 0.424 e. The van der Waals surface area contributed by atoms with E-state index in [1.165, 1.54) is 43.8 Å². The highest BCUT2D eigenvalue weighted by Gasteiger charge is 2.42. The van der Waals surface area contributed by atoms with E-state index in [-0.39, 0.29) is 5.92 Å². The maximum absolute atomic E-state index is 12.4. The van der Waals surface area contributed by atoms with Crippen molar-refractivity contribution in [3.63, 3.8) is 0 Å². The van der Waals surface area contributed by atoms with Crippen molar-refractivity contribution in [1.29, 1.82) is 0 Å². The van der Waals surface area contributed by atoms with Crippen LogP contribution in [0.2, 0.25) is 6.04 Å². The lowest BCUT2D eigenvalue weighted by Crippen LogP contribution is -2.63. The SMILES string of the molecule is C=C(C)C(C)C[Si](O)(c1c(C)cc(C)cc1C)c1c(C)cc(C)cc1C. The Hall–Kier alpha value is -1.64. The Kier molecular flexibility index (Phi) is 5.99. The van der Waals surface area contributed by atoms with E-state index in [2.05, 4.69) is 86.2 Å². The zero-order chi connectivity index (χ0) is 19.8. The molecule has 0 saturated heterocycles. The summed E-state index contributed by atoms with van der Waals surface area (Å²) in [7, 11) is -2.91. The summed E-state index contributed by atoms with van der Waals surface area (Å²) in [6.45, 7) is 21.3. The summed E-state index contributed by atoms with van der Waals surface area (Å²) in [6.07, 6.45) is 0. The van der Waals surface area contributed by atoms with Crippen LogP contribution in [0, 0.1) is 47.5 Å². The Morgan fingerprint density at radius 2 is 1.15 bits per heavy atom. The van der Waals surface area contributed by atoms with Crippen LogP contribution in [0.5, 0.6) is 0 Å². The molecule has 0 bridgehead atoms. The van der Waals surface area contributed by atoms with Crippen LogP contribution in [0.4, 0.5) is 0 Å². The third-order valence-corrected chi connectivity index (χ3v) is 10.1. The van der Waals surface area contributed by atoms with Gasteiger partial charge in [0.2, 0.25) is 0 Å². The normalized spacial score (nSPS) is 13.0. The Morgan fingerprint density at radius 1 is 0.846 bits per heavy atom. The Bertz CT molecular complexity index is 744. The van der Waals surface area contributed by atoms with E-state index in [1.54, 1.807) is 0 Å². The number of aryl methyl sites for hydroxylation is 6. The van der Waals surface area contributed by atoms with E-state index in [0.717, 1.165) is 11.6 Å². The molecule has 2 rings (SSSR count). The molecule has 2 aromatic carbocycles. The van der Waals surface area contributed by atoms with Gasteiger partial charge in [0, 0.05) is 0 Å². The molecule has 0 fully saturated rings. The number of benzene rings is 2. The second kappa shape index (κ2) is 7.54. The van der Waals surface area contributed by atoms with Gasteiger partial charge in [-0.2, -0.15) is 0 Å². The molecule has 1 nitrogen and oxygen atoms in total. The molecule has 2 aromatic rings. The lowest BCUT2D eigenvalue weighted by molar-refractivity contribution is 0.546. The molecule has 0 heterocycles. The van der Waals surface area contributed by atoms with Crippen molar-refractivity contribution in [3.05, 3.63) is 69.8 Å². The number of hydrogen-bond acceptors (Lipinski definition) is 1. The van der Waals surface area contributed by atoms with Crippen molar-refractivity contribution in [3.8, 4) is 0 Å². The second-order valence-electron chi connectivity index (χ2n) is 8.36. The monoisotopic (exact) mass is 366 g/mol. The molecule has 0 spiro atoms. The van der Waals surface area contributed by atoms with Crippen molar-refractivity contribution in [2.24, 2.45) is 5.92 Å². The van der Waals surface area contributed by atoms with Crippen molar-refractivity contribution in [2.75, 3.05) is 0 Å². The molecule has 0 saturated carbocycles. The molecule has 2 heteroatoms. The zero-order valence-electron chi connectivity index (χ0n) is 17.7. The molecule has 0 aliphatic rings. The Morgan fingerprint density at radius 3 is 1.42 bits per heavy atom. The Labute approximate surface area is 160 Å². The highest BCUT2D eigenvalue weighted by atomic mass is 28.4. The van der Waals surface area contributed by atoms with Gasteiger partial charge in [0.15, 0.2) is 0 Å². The fourth-order valence-electron chi connectivity index (χ4n) is 4.61. The van der Waals surface area contributed by atoms with Crippen molar-refractivity contribution < 1.29 is 4.80 Å². The van der Waals surface area contributed by atoms with E-state index in [9.17, 15) is 4.80 Å². The minimum atomic E-state index is -2.91. The topological polar surface area (TPSA) is 20.2 Å². The smallest absolute Gasteiger partial charge is 0.254 e. The van der Waals surface area contributed by atoms with Gasteiger partial charge < -0.3 is 4.80 Å². The fraction of sp³-hybridized carbons (Fsp3) is 0.417. The molecule has 1 unspecified atom stereocenters. The fourth-order valence-corrected chi connectivity index (χ4v) is 9.40. The minimum Gasteiger partial charge on any atom is -0.424 e. The highest BCUT2D eigenvalue weighted by molar-refractivity contribution is 6.97. The van der Waals surface area contributed by atoms with Crippen molar-refractivity contribution >= 4 is 18.7 Å². The Balaban J connectivity index is 2.83. The van der Waals surface area contributed by atoms with E-state index in [0.29, 0.717) is 0 Å². The molecular formula is C24H34OSi. The van der Waals surface area contributed by atoms with E-state index in [4.69, 9.17) is 0 Å². The van der Waals surface area contributed by atoms with Crippen LogP contribution in [0.1, 0.15) is 47.2 Å². The summed E-state index contributed by atoms with van der Waals surface area (Å²) in [5.74, 6) is 0.284. The summed E-state index contributed by atoms with van der Waals surface area (Å²) in [6, 6.07) is 9.63. The van der Waals surface area contributed by atoms with Crippen LogP contribution in [-0.4, -0.2) is 13.1 Å². The average Bonchev–Trinajstić information content (AvgIpc) is 2.44. The summed E-state index contributed by atoms with van der Waals surface area (Å²) in [4.78, 5) is 12.4. The van der Waals surface area contributed by atoms with Gasteiger partial charge in [-0.3, -0.25) is 0 Å². The maximum atomic E-state index is 12.4. The van der Waals surface area contributed by atoms with Gasteiger partial charge >= 0.3 is 0 Å². The van der Waals surface area contributed by atoms with Crippen molar-refractivity contribution in [2.45, 2.75) is 61.4 Å². The first kappa shape index (κ1) is 20.7. The molecule has 140 valence electrons. The third kappa shape index (κ3) is 3.87. The van der Waals surface area contributed by atoms with Gasteiger partial charge in [-0.1, -0.05) is 54.5 Å². The first-order valence-electron chi connectivity index (χ1n) is 9.51. The zero-order valence-corrected chi connectivity index (χ0v) is 18.7. The van der Waals surface area contributed by atoms with Gasteiger partial charge in [0.25, 0.3) is 8.32 Å². The van der Waals surface area contributed by atoms with E-state index in [1.807, 2.05) is 0 Å².